The Labute approximate surface area is 110 Å². The molecule has 0 unspecified atom stereocenters. The maximum absolute atomic E-state index is 11.8. The van der Waals surface area contributed by atoms with Gasteiger partial charge in [0, 0.05) is 20.1 Å². The Balaban J connectivity index is 2.54. The van der Waals surface area contributed by atoms with Crippen LogP contribution < -0.4 is 4.72 Å². The molecule has 0 bridgehead atoms. The summed E-state index contributed by atoms with van der Waals surface area (Å²) in [5.74, 6) is -1.02. The van der Waals surface area contributed by atoms with Gasteiger partial charge in [-0.1, -0.05) is 0 Å². The van der Waals surface area contributed by atoms with Crippen LogP contribution in [0.1, 0.15) is 17.5 Å². The Morgan fingerprint density at radius 2 is 2.17 bits per heavy atom. The van der Waals surface area contributed by atoms with Crippen molar-refractivity contribution >= 4 is 27.5 Å². The molecule has 0 radical (unpaired) electrons. The molecule has 6 nitrogen and oxygen atoms in total. The Morgan fingerprint density at radius 1 is 1.50 bits per heavy atom. The topological polar surface area (TPSA) is 86.7 Å². The fourth-order valence-corrected chi connectivity index (χ4v) is 2.97. The molecular formula is C10H16N2O4S2. The molecule has 0 aliphatic heterocycles. The number of thiophene rings is 1. The van der Waals surface area contributed by atoms with Crippen LogP contribution in [0.5, 0.6) is 0 Å². The summed E-state index contributed by atoms with van der Waals surface area (Å²) < 4.78 is 27.0. The van der Waals surface area contributed by atoms with Crippen LogP contribution in [0.2, 0.25) is 0 Å². The van der Waals surface area contributed by atoms with E-state index in [1.54, 1.807) is 0 Å². The number of carboxylic acid groups (broad SMARTS) is 1. The Kier molecular flexibility index (Phi) is 5.27. The highest BCUT2D eigenvalue weighted by Gasteiger charge is 2.18. The van der Waals surface area contributed by atoms with Crippen molar-refractivity contribution in [3.8, 4) is 0 Å². The van der Waals surface area contributed by atoms with Crippen molar-refractivity contribution in [3.05, 3.63) is 21.9 Å². The van der Waals surface area contributed by atoms with E-state index < -0.39 is 16.2 Å². The highest BCUT2D eigenvalue weighted by atomic mass is 32.2. The van der Waals surface area contributed by atoms with Crippen LogP contribution in [0.3, 0.4) is 0 Å². The molecule has 102 valence electrons. The minimum absolute atomic E-state index is 0.0483. The Morgan fingerprint density at radius 3 is 2.67 bits per heavy atom. The zero-order valence-electron chi connectivity index (χ0n) is 10.2. The maximum atomic E-state index is 11.8. The van der Waals surface area contributed by atoms with Gasteiger partial charge in [-0.2, -0.15) is 28.8 Å². The number of hydrogen-bond donors (Lipinski definition) is 2. The SMILES string of the molecule is Cc1cscc1CNS(=O)(=O)N(C)CCC(=O)O. The van der Waals surface area contributed by atoms with Crippen molar-refractivity contribution in [2.75, 3.05) is 13.6 Å². The second-order valence-electron chi connectivity index (χ2n) is 3.87. The van der Waals surface area contributed by atoms with E-state index >= 15 is 0 Å². The van der Waals surface area contributed by atoms with Gasteiger partial charge < -0.3 is 5.11 Å². The van der Waals surface area contributed by atoms with E-state index in [9.17, 15) is 13.2 Å². The summed E-state index contributed by atoms with van der Waals surface area (Å²) in [5.41, 5.74) is 1.96. The quantitative estimate of drug-likeness (QED) is 0.778. The van der Waals surface area contributed by atoms with Crippen LogP contribution in [0.15, 0.2) is 10.8 Å². The van der Waals surface area contributed by atoms with E-state index in [4.69, 9.17) is 5.11 Å². The van der Waals surface area contributed by atoms with E-state index in [1.165, 1.54) is 18.4 Å². The van der Waals surface area contributed by atoms with Gasteiger partial charge in [-0.3, -0.25) is 4.79 Å². The lowest BCUT2D eigenvalue weighted by Gasteiger charge is -2.16. The second kappa shape index (κ2) is 6.28. The molecule has 1 heterocycles. The van der Waals surface area contributed by atoms with Crippen molar-refractivity contribution in [2.24, 2.45) is 0 Å². The normalized spacial score (nSPS) is 11.9. The van der Waals surface area contributed by atoms with Gasteiger partial charge in [0.15, 0.2) is 0 Å². The third kappa shape index (κ3) is 4.37. The highest BCUT2D eigenvalue weighted by molar-refractivity contribution is 7.87. The highest BCUT2D eigenvalue weighted by Crippen LogP contribution is 2.13. The third-order valence-corrected chi connectivity index (χ3v) is 4.88. The summed E-state index contributed by atoms with van der Waals surface area (Å²) in [5, 5.41) is 12.3. The zero-order valence-corrected chi connectivity index (χ0v) is 11.8. The van der Waals surface area contributed by atoms with E-state index in [0.717, 1.165) is 15.4 Å². The number of nitrogens with zero attached hydrogens (tertiary/aromatic N) is 1. The van der Waals surface area contributed by atoms with Gasteiger partial charge in [-0.25, -0.2) is 0 Å². The van der Waals surface area contributed by atoms with Crippen LogP contribution in [0.4, 0.5) is 0 Å². The smallest absolute Gasteiger partial charge is 0.304 e. The summed E-state index contributed by atoms with van der Waals surface area (Å²) in [4.78, 5) is 10.4. The second-order valence-corrected chi connectivity index (χ2v) is 6.48. The van der Waals surface area contributed by atoms with E-state index in [-0.39, 0.29) is 19.5 Å². The summed E-state index contributed by atoms with van der Waals surface area (Å²) in [6, 6.07) is 0. The number of rotatable bonds is 7. The molecule has 0 aromatic carbocycles. The largest absolute Gasteiger partial charge is 0.481 e. The van der Waals surface area contributed by atoms with Crippen LogP contribution in [-0.2, 0) is 21.5 Å². The molecule has 2 N–H and O–H groups in total. The van der Waals surface area contributed by atoms with Crippen molar-refractivity contribution in [3.63, 3.8) is 0 Å². The maximum Gasteiger partial charge on any atom is 0.304 e. The first-order valence-electron chi connectivity index (χ1n) is 5.27. The van der Waals surface area contributed by atoms with Crippen molar-refractivity contribution in [2.45, 2.75) is 19.9 Å². The summed E-state index contributed by atoms with van der Waals surface area (Å²) in [7, 11) is -2.27. The molecule has 8 heteroatoms. The molecular weight excluding hydrogens is 276 g/mol. The predicted molar refractivity (Wildman–Crippen MR) is 69.7 cm³/mol. The van der Waals surface area contributed by atoms with Crippen LogP contribution in [0.25, 0.3) is 0 Å². The summed E-state index contributed by atoms with van der Waals surface area (Å²) in [6.07, 6.45) is -0.213. The van der Waals surface area contributed by atoms with Crippen LogP contribution in [-0.4, -0.2) is 37.4 Å². The Hall–Kier alpha value is -0.960. The number of carboxylic acids is 1. The average Bonchev–Trinajstić information content (AvgIpc) is 2.69. The molecule has 0 atom stereocenters. The number of aliphatic carboxylic acids is 1. The van der Waals surface area contributed by atoms with Gasteiger partial charge in [-0.15, -0.1) is 0 Å². The molecule has 1 aromatic rings. The van der Waals surface area contributed by atoms with Crippen LogP contribution >= 0.6 is 11.3 Å². The molecule has 0 saturated carbocycles. The zero-order chi connectivity index (χ0) is 13.8. The standard InChI is InChI=1S/C10H16N2O4S2/c1-8-6-17-7-9(8)5-11-18(15,16)12(2)4-3-10(13)14/h6-7,11H,3-5H2,1-2H3,(H,13,14). The van der Waals surface area contributed by atoms with Gasteiger partial charge in [0.1, 0.15) is 0 Å². The molecule has 0 fully saturated rings. The number of aryl methyl sites for hydroxylation is 1. The van der Waals surface area contributed by atoms with E-state index in [0.29, 0.717) is 0 Å². The summed E-state index contributed by atoms with van der Waals surface area (Å²) in [6.45, 7) is 2.08. The first kappa shape index (κ1) is 15.1. The van der Waals surface area contributed by atoms with E-state index in [2.05, 4.69) is 4.72 Å². The lowest BCUT2D eigenvalue weighted by Crippen LogP contribution is -2.38. The predicted octanol–water partition coefficient (Wildman–Crippen LogP) is 0.797. The van der Waals surface area contributed by atoms with Crippen molar-refractivity contribution in [1.29, 1.82) is 0 Å². The lowest BCUT2D eigenvalue weighted by atomic mass is 10.2. The van der Waals surface area contributed by atoms with Crippen molar-refractivity contribution in [1.82, 2.24) is 9.03 Å². The average molecular weight is 292 g/mol. The minimum Gasteiger partial charge on any atom is -0.481 e. The number of carbonyl (C=O) groups is 1. The Bertz CT molecular complexity index is 510. The molecule has 18 heavy (non-hydrogen) atoms. The fourth-order valence-electron chi connectivity index (χ4n) is 1.22. The molecule has 1 aromatic heterocycles. The lowest BCUT2D eigenvalue weighted by molar-refractivity contribution is -0.137. The number of hydrogen-bond acceptors (Lipinski definition) is 4. The van der Waals surface area contributed by atoms with Gasteiger partial charge in [0.2, 0.25) is 0 Å². The summed E-state index contributed by atoms with van der Waals surface area (Å²) >= 11 is 1.51. The molecule has 0 aliphatic carbocycles. The molecule has 0 spiro atoms. The molecule has 1 rings (SSSR count). The van der Waals surface area contributed by atoms with Crippen molar-refractivity contribution < 1.29 is 18.3 Å². The van der Waals surface area contributed by atoms with Gasteiger partial charge >= 0.3 is 5.97 Å². The van der Waals surface area contributed by atoms with E-state index in [1.807, 2.05) is 17.7 Å². The first-order valence-corrected chi connectivity index (χ1v) is 7.65. The number of nitrogens with one attached hydrogen (secondary N) is 1. The van der Waals surface area contributed by atoms with Gasteiger partial charge in [0.05, 0.1) is 6.42 Å². The fraction of sp³-hybridized carbons (Fsp3) is 0.500. The third-order valence-electron chi connectivity index (χ3n) is 2.46. The minimum atomic E-state index is -3.62. The molecule has 0 saturated heterocycles. The van der Waals surface area contributed by atoms with Gasteiger partial charge in [0.25, 0.3) is 10.2 Å². The van der Waals surface area contributed by atoms with Gasteiger partial charge in [-0.05, 0) is 28.8 Å². The van der Waals surface area contributed by atoms with Crippen LogP contribution in [0, 0.1) is 6.92 Å². The molecule has 0 amide bonds. The first-order chi connectivity index (χ1) is 8.33. The monoisotopic (exact) mass is 292 g/mol. The molecule has 0 aliphatic rings.